The van der Waals surface area contributed by atoms with Gasteiger partial charge in [0.05, 0.1) is 22.3 Å². The highest BCUT2D eigenvalue weighted by Gasteiger charge is 2.24. The van der Waals surface area contributed by atoms with Crippen LogP contribution in [-0.2, 0) is 0 Å². The minimum absolute atomic E-state index is 0.416. The van der Waals surface area contributed by atoms with Crippen LogP contribution in [0, 0.1) is 0 Å². The number of benzene rings is 6. The molecule has 0 aliphatic heterocycles. The lowest BCUT2D eigenvalue weighted by molar-refractivity contribution is 1.05. The number of nitrogens with zero attached hydrogens (tertiary/aromatic N) is 14. The topological polar surface area (TPSA) is 180 Å². The van der Waals surface area contributed by atoms with E-state index in [0.29, 0.717) is 57.2 Å². The first-order valence-electron chi connectivity index (χ1n) is 20.2. The Bertz CT molecular complexity index is 3280. The molecule has 0 saturated heterocycles. The minimum Gasteiger partial charge on any atom is -0.244 e. The van der Waals surface area contributed by atoms with Crippen molar-refractivity contribution < 1.29 is 0 Å². The Labute approximate surface area is 363 Å². The number of hydrogen-bond acceptors (Lipinski definition) is 14. The van der Waals surface area contributed by atoms with Crippen molar-refractivity contribution in [2.24, 2.45) is 0 Å². The van der Waals surface area contributed by atoms with E-state index in [1.54, 1.807) is 49.6 Å². The molecule has 6 aromatic carbocycles. The molecule has 6 aromatic heterocycles. The molecule has 12 rings (SSSR count). The quantitative estimate of drug-likeness (QED) is 0.132. The van der Waals surface area contributed by atoms with E-state index < -0.39 is 0 Å². The largest absolute Gasteiger partial charge is 0.244 e. The van der Waals surface area contributed by atoms with Crippen molar-refractivity contribution in [2.75, 3.05) is 0 Å². The fraction of sp³-hybridized carbons (Fsp3) is 0. The van der Waals surface area contributed by atoms with Crippen molar-refractivity contribution in [1.82, 2.24) is 69.8 Å². The summed E-state index contributed by atoms with van der Waals surface area (Å²) in [6.07, 6.45) is 19.5. The van der Waals surface area contributed by atoms with Crippen LogP contribution in [-0.4, -0.2) is 69.8 Å². The summed E-state index contributed by atoms with van der Waals surface area (Å²) in [5, 5.41) is 6.06. The van der Waals surface area contributed by atoms with Crippen LogP contribution in [0.4, 0.5) is 0 Å². The third-order valence-electron chi connectivity index (χ3n) is 11.1. The van der Waals surface area contributed by atoms with Crippen LogP contribution in [0.5, 0.6) is 0 Å². The molecule has 0 unspecified atom stereocenters. The van der Waals surface area contributed by atoms with E-state index in [-0.39, 0.29) is 0 Å². The average molecular weight is 825 g/mol. The molecule has 6 heterocycles. The van der Waals surface area contributed by atoms with Gasteiger partial charge in [0, 0.05) is 60.7 Å². The van der Waals surface area contributed by atoms with E-state index in [4.69, 9.17) is 29.9 Å². The van der Waals surface area contributed by atoms with Crippen LogP contribution in [0.2, 0.25) is 0 Å². The summed E-state index contributed by atoms with van der Waals surface area (Å²) in [6, 6.07) is 33.8. The molecule has 0 spiro atoms. The zero-order valence-corrected chi connectivity index (χ0v) is 33.4. The molecule has 14 nitrogen and oxygen atoms in total. The molecule has 0 bridgehead atoms. The fourth-order valence-corrected chi connectivity index (χ4v) is 8.24. The Balaban J connectivity index is 1.21. The average Bonchev–Trinajstić information content (AvgIpc) is 3.39. The SMILES string of the molecule is c1ccc(-c2cc(-c3nc(-c4cncnc4)nc(-c4cncnc4)n3)c3ccc4c(-c5ccccc5)cc(-c5nc(-c6cncnc6)nc(-c6cncnc6)n5)c5ccc2c3c45)cc1. The summed E-state index contributed by atoms with van der Waals surface area (Å²) in [6.45, 7) is 0. The Morgan fingerprint density at radius 1 is 0.234 bits per heavy atom. The molecular formula is C50H28N14. The van der Waals surface area contributed by atoms with Gasteiger partial charge in [0.1, 0.15) is 25.3 Å². The lowest BCUT2D eigenvalue weighted by Crippen LogP contribution is -2.03. The van der Waals surface area contributed by atoms with Gasteiger partial charge in [-0.1, -0.05) is 84.9 Å². The lowest BCUT2D eigenvalue weighted by atomic mass is 9.83. The number of rotatable bonds is 8. The van der Waals surface area contributed by atoms with Gasteiger partial charge in [0.25, 0.3) is 0 Å². The summed E-state index contributed by atoms with van der Waals surface area (Å²) < 4.78 is 0. The fourth-order valence-electron chi connectivity index (χ4n) is 8.24. The molecular weight excluding hydrogens is 797 g/mol. The Hall–Kier alpha value is -9.30. The minimum atomic E-state index is 0.416. The second-order valence-electron chi connectivity index (χ2n) is 14.9. The first-order valence-corrected chi connectivity index (χ1v) is 20.2. The molecule has 0 amide bonds. The Kier molecular flexibility index (Phi) is 8.74. The molecule has 12 aromatic rings. The van der Waals surface area contributed by atoms with Crippen LogP contribution in [0.3, 0.4) is 0 Å². The summed E-state index contributed by atoms with van der Waals surface area (Å²) in [5.74, 6) is 2.60. The van der Waals surface area contributed by atoms with Crippen LogP contribution in [0.25, 0.3) is 123 Å². The summed E-state index contributed by atoms with van der Waals surface area (Å²) in [7, 11) is 0. The molecule has 0 atom stereocenters. The Morgan fingerprint density at radius 2 is 0.500 bits per heavy atom. The molecule has 64 heavy (non-hydrogen) atoms. The predicted octanol–water partition coefficient (Wildman–Crippen LogP) is 9.45. The maximum atomic E-state index is 5.13. The van der Waals surface area contributed by atoms with Crippen molar-refractivity contribution in [3.8, 4) is 90.6 Å². The molecule has 0 aliphatic carbocycles. The van der Waals surface area contributed by atoms with E-state index >= 15 is 0 Å². The third kappa shape index (κ3) is 6.37. The highest BCUT2D eigenvalue weighted by Crippen LogP contribution is 2.48. The second-order valence-corrected chi connectivity index (χ2v) is 14.9. The highest BCUT2D eigenvalue weighted by atomic mass is 15.1. The zero-order chi connectivity index (χ0) is 42.4. The smallest absolute Gasteiger partial charge is 0.167 e. The van der Waals surface area contributed by atoms with Gasteiger partial charge >= 0.3 is 0 Å². The van der Waals surface area contributed by atoms with Gasteiger partial charge in [0.2, 0.25) is 0 Å². The number of aromatic nitrogens is 14. The monoisotopic (exact) mass is 824 g/mol. The molecule has 14 heteroatoms. The summed E-state index contributed by atoms with van der Waals surface area (Å²) >= 11 is 0. The summed E-state index contributed by atoms with van der Waals surface area (Å²) in [5.41, 5.74) is 8.28. The summed E-state index contributed by atoms with van der Waals surface area (Å²) in [4.78, 5) is 64.5. The van der Waals surface area contributed by atoms with Crippen LogP contribution >= 0.6 is 0 Å². The molecule has 0 aliphatic rings. The van der Waals surface area contributed by atoms with Gasteiger partial charge in [0.15, 0.2) is 34.9 Å². The molecule has 0 N–H and O–H groups in total. The van der Waals surface area contributed by atoms with Gasteiger partial charge in [-0.15, -0.1) is 0 Å². The first-order chi connectivity index (χ1) is 31.7. The van der Waals surface area contributed by atoms with Crippen LogP contribution < -0.4 is 0 Å². The van der Waals surface area contributed by atoms with Crippen molar-refractivity contribution >= 4 is 32.3 Å². The van der Waals surface area contributed by atoms with Crippen molar-refractivity contribution in [1.29, 1.82) is 0 Å². The van der Waals surface area contributed by atoms with E-state index in [0.717, 1.165) is 65.7 Å². The number of hydrogen-bond donors (Lipinski definition) is 0. The van der Waals surface area contributed by atoms with Gasteiger partial charge in [-0.25, -0.2) is 69.8 Å². The van der Waals surface area contributed by atoms with E-state index in [2.05, 4.69) is 101 Å². The van der Waals surface area contributed by atoms with Crippen molar-refractivity contribution in [3.63, 3.8) is 0 Å². The van der Waals surface area contributed by atoms with Gasteiger partial charge in [-0.3, -0.25) is 0 Å². The van der Waals surface area contributed by atoms with Gasteiger partial charge in [-0.05, 0) is 66.7 Å². The molecule has 0 fully saturated rings. The molecule has 0 radical (unpaired) electrons. The van der Waals surface area contributed by atoms with E-state index in [1.165, 1.54) is 25.3 Å². The van der Waals surface area contributed by atoms with Crippen molar-refractivity contribution in [3.05, 3.63) is 172 Å². The standard InChI is InChI=1S/C50H28N14/c1-3-7-29(8-4-1)39-15-41(49-61-45(31-17-51-25-52-18-31)59-46(62-49)32-19-53-26-54-20-32)37-14-12-36-40(30-9-5-2-6-10-30)16-42(38-13-11-35(39)43(37)44(36)38)50-63-47(33-21-55-27-56-22-33)60-48(64-50)34-23-57-28-58-24-34/h1-28H. The lowest BCUT2D eigenvalue weighted by Gasteiger charge is -2.21. The third-order valence-corrected chi connectivity index (χ3v) is 11.1. The predicted molar refractivity (Wildman–Crippen MR) is 243 cm³/mol. The van der Waals surface area contributed by atoms with E-state index in [1.807, 2.05) is 36.4 Å². The molecule has 298 valence electrons. The Morgan fingerprint density at radius 3 is 0.797 bits per heavy atom. The highest BCUT2D eigenvalue weighted by molar-refractivity contribution is 6.31. The van der Waals surface area contributed by atoms with Gasteiger partial charge < -0.3 is 0 Å². The maximum absolute atomic E-state index is 5.13. The second kappa shape index (κ2) is 15.3. The van der Waals surface area contributed by atoms with Crippen LogP contribution in [0.15, 0.2) is 172 Å². The van der Waals surface area contributed by atoms with E-state index in [9.17, 15) is 0 Å². The van der Waals surface area contributed by atoms with Crippen LogP contribution in [0.1, 0.15) is 0 Å². The molecule has 0 saturated carbocycles. The normalized spacial score (nSPS) is 11.4. The van der Waals surface area contributed by atoms with Crippen molar-refractivity contribution in [2.45, 2.75) is 0 Å². The first kappa shape index (κ1) is 36.5. The zero-order valence-electron chi connectivity index (χ0n) is 33.4. The van der Waals surface area contributed by atoms with Gasteiger partial charge in [-0.2, -0.15) is 0 Å². The maximum Gasteiger partial charge on any atom is 0.167 e.